The highest BCUT2D eigenvalue weighted by Crippen LogP contribution is 2.34. The molecule has 4 rings (SSSR count). The molecule has 0 spiro atoms. The summed E-state index contributed by atoms with van der Waals surface area (Å²) in [5.41, 5.74) is -0.260. The quantitative estimate of drug-likeness (QED) is 0.568. The molecule has 2 aliphatic rings. The van der Waals surface area contributed by atoms with Crippen LogP contribution in [0, 0.1) is 0 Å². The van der Waals surface area contributed by atoms with Gasteiger partial charge in [0, 0.05) is 30.0 Å². The molecule has 3 amide bonds. The predicted molar refractivity (Wildman–Crippen MR) is 111 cm³/mol. The molecule has 3 N–H and O–H groups in total. The number of morpholine rings is 1. The lowest BCUT2D eigenvalue weighted by Gasteiger charge is -2.34. The van der Waals surface area contributed by atoms with Crippen LogP contribution in [0.1, 0.15) is 27.0 Å². The fourth-order valence-corrected chi connectivity index (χ4v) is 3.82. The average molecular weight is 481 g/mol. The van der Waals surface area contributed by atoms with Gasteiger partial charge in [0.15, 0.2) is 12.2 Å². The molecular weight excluding hydrogens is 462 g/mol. The molecule has 0 unspecified atom stereocenters. The molecule has 0 radical (unpaired) electrons. The van der Waals surface area contributed by atoms with E-state index >= 15 is 0 Å². The highest BCUT2D eigenvalue weighted by molar-refractivity contribution is 6.04. The van der Waals surface area contributed by atoms with Crippen LogP contribution in [-0.2, 0) is 33.7 Å². The SMILES string of the molecule is O=C1NCc2cc(NC(=O)[C@H](O)[C@H]3OCCN(c4cc(CF)cc(C(F)(F)F)c4)C3=O)ccc21. The first-order chi connectivity index (χ1) is 16.1. The third-order valence-corrected chi connectivity index (χ3v) is 5.50. The van der Waals surface area contributed by atoms with Crippen molar-refractivity contribution in [1.29, 1.82) is 0 Å². The first-order valence-corrected chi connectivity index (χ1v) is 10.2. The van der Waals surface area contributed by atoms with Gasteiger partial charge in [-0.15, -0.1) is 0 Å². The third-order valence-electron chi connectivity index (χ3n) is 5.50. The summed E-state index contributed by atoms with van der Waals surface area (Å²) in [4.78, 5) is 38.0. The van der Waals surface area contributed by atoms with Gasteiger partial charge in [-0.2, -0.15) is 13.2 Å². The van der Waals surface area contributed by atoms with Crippen molar-refractivity contribution in [3.63, 3.8) is 0 Å². The van der Waals surface area contributed by atoms with Gasteiger partial charge in [-0.05, 0) is 47.5 Å². The normalized spacial score (nSPS) is 19.0. The molecule has 0 aromatic heterocycles. The molecule has 2 aliphatic heterocycles. The number of anilines is 2. The summed E-state index contributed by atoms with van der Waals surface area (Å²) < 4.78 is 58.0. The molecule has 0 saturated carbocycles. The lowest BCUT2D eigenvalue weighted by molar-refractivity contribution is -0.150. The van der Waals surface area contributed by atoms with Crippen LogP contribution >= 0.6 is 0 Å². The minimum absolute atomic E-state index is 0.150. The number of benzene rings is 2. The van der Waals surface area contributed by atoms with Gasteiger partial charge in [0.25, 0.3) is 17.7 Å². The molecule has 2 atom stereocenters. The monoisotopic (exact) mass is 481 g/mol. The number of nitrogens with one attached hydrogen (secondary N) is 2. The van der Waals surface area contributed by atoms with Gasteiger partial charge in [0.05, 0.1) is 12.2 Å². The number of halogens is 4. The van der Waals surface area contributed by atoms with Crippen LogP contribution in [0.4, 0.5) is 28.9 Å². The Kier molecular flexibility index (Phi) is 6.28. The van der Waals surface area contributed by atoms with E-state index in [4.69, 9.17) is 4.74 Å². The maximum atomic E-state index is 13.2. The molecule has 0 bridgehead atoms. The summed E-state index contributed by atoms with van der Waals surface area (Å²) in [6, 6.07) is 6.93. The number of aliphatic hydroxyl groups excluding tert-OH is 1. The molecule has 1 saturated heterocycles. The second kappa shape index (κ2) is 9.03. The lowest BCUT2D eigenvalue weighted by Crippen LogP contribution is -2.55. The van der Waals surface area contributed by atoms with Crippen LogP contribution in [0.2, 0.25) is 0 Å². The van der Waals surface area contributed by atoms with Crippen LogP contribution in [0.15, 0.2) is 36.4 Å². The van der Waals surface area contributed by atoms with Crippen molar-refractivity contribution >= 4 is 29.1 Å². The van der Waals surface area contributed by atoms with Gasteiger partial charge in [-0.1, -0.05) is 0 Å². The highest BCUT2D eigenvalue weighted by atomic mass is 19.4. The van der Waals surface area contributed by atoms with Crippen LogP contribution < -0.4 is 15.5 Å². The number of carbonyl (C=O) groups is 3. The predicted octanol–water partition coefficient (Wildman–Crippen LogP) is 2.15. The third kappa shape index (κ3) is 4.59. The van der Waals surface area contributed by atoms with Crippen LogP contribution in [-0.4, -0.2) is 48.2 Å². The minimum atomic E-state index is -4.76. The number of rotatable bonds is 5. The van der Waals surface area contributed by atoms with Crippen LogP contribution in [0.25, 0.3) is 0 Å². The summed E-state index contributed by atoms with van der Waals surface area (Å²) in [6.07, 6.45) is -8.42. The van der Waals surface area contributed by atoms with E-state index in [1.807, 2.05) is 0 Å². The molecule has 0 aliphatic carbocycles. The van der Waals surface area contributed by atoms with E-state index in [9.17, 15) is 37.1 Å². The number of hydrogen-bond donors (Lipinski definition) is 3. The first kappa shape index (κ1) is 23.6. The molecule has 34 heavy (non-hydrogen) atoms. The number of ether oxygens (including phenoxy) is 1. The summed E-state index contributed by atoms with van der Waals surface area (Å²) in [7, 11) is 0. The fourth-order valence-electron chi connectivity index (χ4n) is 3.82. The van der Waals surface area contributed by atoms with Gasteiger partial charge in [0.2, 0.25) is 0 Å². The van der Waals surface area contributed by atoms with E-state index in [1.165, 1.54) is 18.2 Å². The Labute approximate surface area is 190 Å². The molecule has 180 valence electrons. The van der Waals surface area contributed by atoms with Crippen molar-refractivity contribution in [2.24, 2.45) is 0 Å². The zero-order valence-electron chi connectivity index (χ0n) is 17.5. The number of carbonyl (C=O) groups excluding carboxylic acids is 3. The minimum Gasteiger partial charge on any atom is -0.380 e. The Balaban J connectivity index is 1.52. The second-order valence-electron chi connectivity index (χ2n) is 7.79. The first-order valence-electron chi connectivity index (χ1n) is 10.2. The lowest BCUT2D eigenvalue weighted by atomic mass is 10.1. The Morgan fingerprint density at radius 2 is 2.00 bits per heavy atom. The largest absolute Gasteiger partial charge is 0.416 e. The zero-order chi connectivity index (χ0) is 24.6. The Hall–Kier alpha value is -3.51. The average Bonchev–Trinajstić information content (AvgIpc) is 3.17. The van der Waals surface area contributed by atoms with Crippen molar-refractivity contribution in [1.82, 2.24) is 5.32 Å². The Morgan fingerprint density at radius 1 is 1.24 bits per heavy atom. The van der Waals surface area contributed by atoms with Gasteiger partial charge in [-0.3, -0.25) is 14.4 Å². The maximum Gasteiger partial charge on any atom is 0.416 e. The molecule has 12 heteroatoms. The Bertz CT molecular complexity index is 1150. The molecule has 2 heterocycles. The molecule has 8 nitrogen and oxygen atoms in total. The number of alkyl halides is 4. The van der Waals surface area contributed by atoms with Crippen molar-refractivity contribution in [2.45, 2.75) is 31.6 Å². The summed E-state index contributed by atoms with van der Waals surface area (Å²) in [5.74, 6) is -2.17. The van der Waals surface area contributed by atoms with Crippen molar-refractivity contribution in [3.05, 3.63) is 58.7 Å². The van der Waals surface area contributed by atoms with Crippen molar-refractivity contribution in [3.8, 4) is 0 Å². The molecular formula is C22H19F4N3O5. The number of nitrogens with zero attached hydrogens (tertiary/aromatic N) is 1. The van der Waals surface area contributed by atoms with Gasteiger partial charge < -0.3 is 25.4 Å². The van der Waals surface area contributed by atoms with Gasteiger partial charge in [-0.25, -0.2) is 4.39 Å². The number of amides is 3. The topological polar surface area (TPSA) is 108 Å². The number of hydrogen-bond acceptors (Lipinski definition) is 5. The fraction of sp³-hybridized carbons (Fsp3) is 0.318. The van der Waals surface area contributed by atoms with Crippen LogP contribution in [0.5, 0.6) is 0 Å². The zero-order valence-corrected chi connectivity index (χ0v) is 17.5. The van der Waals surface area contributed by atoms with E-state index in [2.05, 4.69) is 10.6 Å². The van der Waals surface area contributed by atoms with Crippen molar-refractivity contribution < 1.29 is 41.8 Å². The van der Waals surface area contributed by atoms with E-state index in [1.54, 1.807) is 0 Å². The summed E-state index contributed by atoms with van der Waals surface area (Å²) in [6.45, 7) is -1.22. The molecule has 1 fully saturated rings. The number of aliphatic hydroxyl groups is 1. The smallest absolute Gasteiger partial charge is 0.380 e. The second-order valence-corrected chi connectivity index (χ2v) is 7.79. The van der Waals surface area contributed by atoms with E-state index in [-0.39, 0.29) is 42.5 Å². The van der Waals surface area contributed by atoms with Gasteiger partial charge >= 0.3 is 6.18 Å². The molecule has 2 aromatic carbocycles. The Morgan fingerprint density at radius 3 is 2.71 bits per heavy atom. The van der Waals surface area contributed by atoms with Gasteiger partial charge in [0.1, 0.15) is 6.67 Å². The van der Waals surface area contributed by atoms with E-state index < -0.39 is 42.4 Å². The molecule has 2 aromatic rings. The summed E-state index contributed by atoms with van der Waals surface area (Å²) in [5, 5.41) is 15.5. The maximum absolute atomic E-state index is 13.2. The highest BCUT2D eigenvalue weighted by Gasteiger charge is 2.40. The van der Waals surface area contributed by atoms with E-state index in [0.717, 1.165) is 11.0 Å². The van der Waals surface area contributed by atoms with Crippen molar-refractivity contribution in [2.75, 3.05) is 23.4 Å². The number of fused-ring (bicyclic) bond motifs is 1. The standard InChI is InChI=1S/C22H19F4N3O5/c23-9-11-5-13(22(24,25)26)8-15(6-11)29-3-4-34-18(21(29)33)17(30)20(32)28-14-1-2-16-12(7-14)10-27-19(16)31/h1-2,5-8,17-18,30H,3-4,9-10H2,(H,27,31)(H,28,32)/t17-,18-/m1/s1. The summed E-state index contributed by atoms with van der Waals surface area (Å²) >= 11 is 0. The van der Waals surface area contributed by atoms with E-state index in [0.29, 0.717) is 23.3 Å². The van der Waals surface area contributed by atoms with Crippen LogP contribution in [0.3, 0.4) is 0 Å².